The summed E-state index contributed by atoms with van der Waals surface area (Å²) in [6.07, 6.45) is 2.46. The molecule has 0 aromatic carbocycles. The summed E-state index contributed by atoms with van der Waals surface area (Å²) in [7, 11) is 1.56. The van der Waals surface area contributed by atoms with Crippen molar-refractivity contribution in [2.24, 2.45) is 7.05 Å². The Morgan fingerprint density at radius 3 is 2.71 bits per heavy atom. The fourth-order valence-corrected chi connectivity index (χ4v) is 1.71. The summed E-state index contributed by atoms with van der Waals surface area (Å²) in [4.78, 5) is 29.2. The second-order valence-corrected chi connectivity index (χ2v) is 4.00. The predicted octanol–water partition coefficient (Wildman–Crippen LogP) is -0.252. The van der Waals surface area contributed by atoms with Gasteiger partial charge >= 0.3 is 11.7 Å². The molecule has 0 saturated carbocycles. The van der Waals surface area contributed by atoms with Crippen LogP contribution in [0.3, 0.4) is 0 Å². The Morgan fingerprint density at radius 1 is 1.47 bits per heavy atom. The van der Waals surface area contributed by atoms with E-state index in [-0.39, 0.29) is 11.4 Å². The first-order valence-electron chi connectivity index (χ1n) is 4.42. The molecule has 0 amide bonds. The maximum Gasteiger partial charge on any atom is 0.356 e. The zero-order valence-corrected chi connectivity index (χ0v) is 9.43. The lowest BCUT2D eigenvalue weighted by molar-refractivity contribution is 0.0689. The largest absolute Gasteiger partial charge is 0.476 e. The highest BCUT2D eigenvalue weighted by Gasteiger charge is 2.09. The first kappa shape index (κ1) is 11.3. The number of hydrogen-bond acceptors (Lipinski definition) is 6. The summed E-state index contributed by atoms with van der Waals surface area (Å²) in [5.74, 6) is -1.14. The molecular weight excluding hydrogens is 246 g/mol. The van der Waals surface area contributed by atoms with Crippen LogP contribution in [0.1, 0.15) is 10.5 Å². The number of hydrogen-bond donors (Lipinski definition) is 2. The van der Waals surface area contributed by atoms with Crippen LogP contribution in [-0.2, 0) is 7.05 Å². The monoisotopic (exact) mass is 253 g/mol. The molecule has 0 saturated heterocycles. The third-order valence-corrected chi connectivity index (χ3v) is 2.85. The molecule has 2 aromatic rings. The van der Waals surface area contributed by atoms with Crippen molar-refractivity contribution in [3.63, 3.8) is 0 Å². The van der Waals surface area contributed by atoms with Gasteiger partial charge < -0.3 is 5.11 Å². The Morgan fingerprint density at radius 2 is 2.24 bits per heavy atom. The molecule has 2 N–H and O–H groups in total. The van der Waals surface area contributed by atoms with E-state index in [0.717, 1.165) is 18.0 Å². The highest BCUT2D eigenvalue weighted by molar-refractivity contribution is 7.99. The summed E-state index contributed by atoms with van der Waals surface area (Å²) in [6, 6.07) is 0. The number of nitrogens with zero attached hydrogens (tertiary/aromatic N) is 4. The summed E-state index contributed by atoms with van der Waals surface area (Å²) in [6.45, 7) is 0. The van der Waals surface area contributed by atoms with Gasteiger partial charge in [0.15, 0.2) is 10.9 Å². The number of rotatable bonds is 3. The number of aromatic amines is 1. The van der Waals surface area contributed by atoms with Crippen molar-refractivity contribution in [3.05, 3.63) is 28.6 Å². The smallest absolute Gasteiger partial charge is 0.356 e. The van der Waals surface area contributed by atoms with Crippen LogP contribution >= 0.6 is 11.8 Å². The normalized spacial score (nSPS) is 10.4. The predicted molar refractivity (Wildman–Crippen MR) is 56.9 cm³/mol. The average molecular weight is 253 g/mol. The van der Waals surface area contributed by atoms with Crippen LogP contribution in [0.2, 0.25) is 0 Å². The molecule has 0 fully saturated rings. The van der Waals surface area contributed by atoms with Crippen LogP contribution in [0.15, 0.2) is 27.4 Å². The van der Waals surface area contributed by atoms with E-state index in [1.807, 2.05) is 0 Å². The standard InChI is InChI=1S/C8H7N5O3S/c1-13-7(16)11-12-8(13)17-5-3-9-4(2-10-5)6(14)15/h2-3H,1H3,(H,11,16)(H,14,15). The number of aromatic nitrogens is 5. The number of nitrogens with one attached hydrogen (secondary N) is 1. The summed E-state index contributed by atoms with van der Waals surface area (Å²) < 4.78 is 1.32. The van der Waals surface area contributed by atoms with Gasteiger partial charge in [-0.3, -0.25) is 4.57 Å². The van der Waals surface area contributed by atoms with Crippen molar-refractivity contribution in [2.45, 2.75) is 10.2 Å². The minimum absolute atomic E-state index is 0.134. The van der Waals surface area contributed by atoms with E-state index in [1.54, 1.807) is 7.05 Å². The van der Waals surface area contributed by atoms with Gasteiger partial charge in [-0.05, 0) is 11.8 Å². The lowest BCUT2D eigenvalue weighted by Gasteiger charge is -1.98. The van der Waals surface area contributed by atoms with Crippen molar-refractivity contribution in [1.29, 1.82) is 0 Å². The fraction of sp³-hybridized carbons (Fsp3) is 0.125. The van der Waals surface area contributed by atoms with Gasteiger partial charge in [0.25, 0.3) is 0 Å². The molecule has 0 atom stereocenters. The second-order valence-electron chi connectivity index (χ2n) is 3.02. The molecule has 0 unspecified atom stereocenters. The summed E-state index contributed by atoms with van der Waals surface area (Å²) >= 11 is 1.11. The third kappa shape index (κ3) is 2.33. The Balaban J connectivity index is 2.22. The van der Waals surface area contributed by atoms with E-state index in [1.165, 1.54) is 10.8 Å². The highest BCUT2D eigenvalue weighted by Crippen LogP contribution is 2.21. The molecule has 0 aliphatic carbocycles. The van der Waals surface area contributed by atoms with Gasteiger partial charge in [0.2, 0.25) is 0 Å². The molecule has 2 rings (SSSR count). The van der Waals surface area contributed by atoms with Crippen molar-refractivity contribution in [3.8, 4) is 0 Å². The maximum atomic E-state index is 11.1. The Kier molecular flexibility index (Phi) is 2.91. The first-order chi connectivity index (χ1) is 8.08. The van der Waals surface area contributed by atoms with Crippen LogP contribution in [0.25, 0.3) is 0 Å². The maximum absolute atomic E-state index is 11.1. The van der Waals surface area contributed by atoms with Crippen LogP contribution in [-0.4, -0.2) is 35.8 Å². The first-order valence-corrected chi connectivity index (χ1v) is 5.24. The summed E-state index contributed by atoms with van der Waals surface area (Å²) in [5, 5.41) is 15.6. The molecule has 2 aromatic heterocycles. The Labute approximate surface area is 98.7 Å². The van der Waals surface area contributed by atoms with Crippen molar-refractivity contribution < 1.29 is 9.90 Å². The van der Waals surface area contributed by atoms with Crippen molar-refractivity contribution in [2.75, 3.05) is 0 Å². The molecule has 88 valence electrons. The lowest BCUT2D eigenvalue weighted by atomic mass is 10.5. The average Bonchev–Trinajstić information content (AvgIpc) is 2.62. The zero-order valence-electron chi connectivity index (χ0n) is 8.62. The van der Waals surface area contributed by atoms with E-state index in [4.69, 9.17) is 5.11 Å². The fourth-order valence-electron chi connectivity index (χ4n) is 0.997. The van der Waals surface area contributed by atoms with Gasteiger partial charge in [-0.25, -0.2) is 24.7 Å². The number of carboxylic acids is 1. The van der Waals surface area contributed by atoms with Crippen molar-refractivity contribution in [1.82, 2.24) is 24.7 Å². The quantitative estimate of drug-likeness (QED) is 0.775. The number of H-pyrrole nitrogens is 1. The second kappa shape index (κ2) is 4.37. The molecule has 9 heteroatoms. The van der Waals surface area contributed by atoms with E-state index in [2.05, 4.69) is 20.2 Å². The molecular formula is C8H7N5O3S. The zero-order chi connectivity index (χ0) is 12.4. The topological polar surface area (TPSA) is 114 Å². The van der Waals surface area contributed by atoms with Crippen LogP contribution in [0, 0.1) is 0 Å². The molecule has 8 nitrogen and oxygen atoms in total. The van der Waals surface area contributed by atoms with Gasteiger partial charge in [0.1, 0.15) is 5.03 Å². The highest BCUT2D eigenvalue weighted by atomic mass is 32.2. The molecule has 0 aliphatic rings. The van der Waals surface area contributed by atoms with Crippen LogP contribution in [0.4, 0.5) is 0 Å². The van der Waals surface area contributed by atoms with Gasteiger partial charge in [-0.1, -0.05) is 0 Å². The summed E-state index contributed by atoms with van der Waals surface area (Å²) in [5.41, 5.74) is -0.465. The third-order valence-electron chi connectivity index (χ3n) is 1.88. The molecule has 0 aliphatic heterocycles. The van der Waals surface area contributed by atoms with Gasteiger partial charge in [0, 0.05) is 7.05 Å². The molecule has 2 heterocycles. The van der Waals surface area contributed by atoms with E-state index < -0.39 is 5.97 Å². The van der Waals surface area contributed by atoms with Crippen molar-refractivity contribution >= 4 is 17.7 Å². The minimum Gasteiger partial charge on any atom is -0.476 e. The van der Waals surface area contributed by atoms with Crippen LogP contribution < -0.4 is 5.69 Å². The van der Waals surface area contributed by atoms with E-state index in [0.29, 0.717) is 10.2 Å². The number of carbonyl (C=O) groups is 1. The van der Waals surface area contributed by atoms with Crippen LogP contribution in [0.5, 0.6) is 0 Å². The minimum atomic E-state index is -1.14. The van der Waals surface area contributed by atoms with Gasteiger partial charge in [-0.15, -0.1) is 5.10 Å². The SMILES string of the molecule is Cn1c(Sc2cnc(C(=O)O)cn2)n[nH]c1=O. The molecule has 0 radical (unpaired) electrons. The van der Waals surface area contributed by atoms with Gasteiger partial charge in [0.05, 0.1) is 12.4 Å². The Hall–Kier alpha value is -2.16. The number of aromatic carboxylic acids is 1. The molecule has 17 heavy (non-hydrogen) atoms. The molecule has 0 spiro atoms. The lowest BCUT2D eigenvalue weighted by Crippen LogP contribution is -2.12. The van der Waals surface area contributed by atoms with Gasteiger partial charge in [-0.2, -0.15) is 0 Å². The molecule has 0 bridgehead atoms. The van der Waals surface area contributed by atoms with E-state index in [9.17, 15) is 9.59 Å². The Bertz CT molecular complexity index is 602. The van der Waals surface area contributed by atoms with E-state index >= 15 is 0 Å². The number of carboxylic acid groups (broad SMARTS) is 1.